The minimum absolute atomic E-state index is 0.172. The molecule has 0 atom stereocenters. The van der Waals surface area contributed by atoms with Gasteiger partial charge in [-0.3, -0.25) is 0 Å². The molecule has 0 saturated carbocycles. The molecule has 59 heavy (non-hydrogen) atoms. The van der Waals surface area contributed by atoms with Crippen LogP contribution in [-0.2, 0) is 5.41 Å². The molecule has 0 bridgehead atoms. The zero-order valence-corrected chi connectivity index (χ0v) is 34.5. The molecule has 0 saturated heterocycles. The van der Waals surface area contributed by atoms with Crippen LogP contribution < -0.4 is 9.80 Å². The van der Waals surface area contributed by atoms with Gasteiger partial charge in [0, 0.05) is 38.3 Å². The van der Waals surface area contributed by atoms with Crippen LogP contribution in [0.1, 0.15) is 25.0 Å². The molecule has 0 radical (unpaired) electrons. The molecular formula is C55H40N2S2. The van der Waals surface area contributed by atoms with Crippen molar-refractivity contribution in [1.82, 2.24) is 0 Å². The van der Waals surface area contributed by atoms with Crippen molar-refractivity contribution in [2.24, 2.45) is 0 Å². The second-order valence-electron chi connectivity index (χ2n) is 15.8. The van der Waals surface area contributed by atoms with E-state index in [1.165, 1.54) is 87.4 Å². The third-order valence-electron chi connectivity index (χ3n) is 12.0. The van der Waals surface area contributed by atoms with E-state index in [9.17, 15) is 0 Å². The van der Waals surface area contributed by atoms with Crippen molar-refractivity contribution in [3.63, 3.8) is 0 Å². The van der Waals surface area contributed by atoms with Crippen molar-refractivity contribution in [2.75, 3.05) is 9.80 Å². The fraction of sp³-hybridized carbons (Fsp3) is 0.0545. The monoisotopic (exact) mass is 792 g/mol. The standard InChI is InChI=1S/C55H40N2S2/c1-55(2)49-22-12-11-19-43(49)46-35-47-48(36-50(46)55)54(57(52-24-14-34-59-52)42-31-27-40(28-32-42)38-17-7-4-8-18-38)45-21-10-9-20-44(45)53(47)56(51-23-13-33-58-51)41-29-25-39(26-30-41)37-15-5-3-6-16-37/h3-36H,1-2H3. The van der Waals surface area contributed by atoms with Gasteiger partial charge < -0.3 is 9.80 Å². The number of thiophene rings is 2. The number of rotatable bonds is 8. The lowest BCUT2D eigenvalue weighted by molar-refractivity contribution is 0.661. The van der Waals surface area contributed by atoms with E-state index in [0.717, 1.165) is 11.4 Å². The lowest BCUT2D eigenvalue weighted by atomic mass is 9.81. The van der Waals surface area contributed by atoms with Crippen LogP contribution in [0.5, 0.6) is 0 Å². The van der Waals surface area contributed by atoms with E-state index in [0.29, 0.717) is 0 Å². The largest absolute Gasteiger partial charge is 0.301 e. The van der Waals surface area contributed by atoms with E-state index in [2.05, 4.69) is 229 Å². The molecule has 4 heteroatoms. The van der Waals surface area contributed by atoms with E-state index in [-0.39, 0.29) is 5.41 Å². The highest BCUT2D eigenvalue weighted by Gasteiger charge is 2.37. The summed E-state index contributed by atoms with van der Waals surface area (Å²) in [7, 11) is 0. The summed E-state index contributed by atoms with van der Waals surface area (Å²) in [5.74, 6) is 0. The van der Waals surface area contributed by atoms with Gasteiger partial charge in [-0.2, -0.15) is 0 Å². The van der Waals surface area contributed by atoms with Gasteiger partial charge in [0.2, 0.25) is 0 Å². The van der Waals surface area contributed by atoms with Crippen LogP contribution in [0.2, 0.25) is 0 Å². The van der Waals surface area contributed by atoms with Crippen LogP contribution in [0.4, 0.5) is 32.8 Å². The maximum Gasteiger partial charge on any atom is 0.0999 e. The van der Waals surface area contributed by atoms with Crippen molar-refractivity contribution in [2.45, 2.75) is 19.3 Å². The van der Waals surface area contributed by atoms with Crippen molar-refractivity contribution in [1.29, 1.82) is 0 Å². The summed E-state index contributed by atoms with van der Waals surface area (Å²) in [6, 6.07) is 71.4. The lowest BCUT2D eigenvalue weighted by Crippen LogP contribution is -2.16. The minimum atomic E-state index is -0.172. The second-order valence-corrected chi connectivity index (χ2v) is 17.6. The summed E-state index contributed by atoms with van der Waals surface area (Å²) in [5, 5.41) is 11.6. The van der Waals surface area contributed by atoms with Crippen LogP contribution in [-0.4, -0.2) is 0 Å². The average molecular weight is 793 g/mol. The van der Waals surface area contributed by atoms with E-state index in [1.54, 1.807) is 22.7 Å². The highest BCUT2D eigenvalue weighted by atomic mass is 32.1. The maximum atomic E-state index is 2.53. The Bertz CT molecular complexity index is 3100. The first kappa shape index (κ1) is 35.4. The number of benzene rings is 8. The molecule has 1 aliphatic rings. The van der Waals surface area contributed by atoms with E-state index < -0.39 is 0 Å². The molecule has 2 aromatic heterocycles. The highest BCUT2D eigenvalue weighted by molar-refractivity contribution is 7.14. The van der Waals surface area contributed by atoms with Crippen molar-refractivity contribution in [3.05, 3.63) is 216 Å². The molecule has 0 unspecified atom stereocenters. The van der Waals surface area contributed by atoms with Gasteiger partial charge in [0.05, 0.1) is 21.4 Å². The first-order valence-corrected chi connectivity index (χ1v) is 21.9. The Morgan fingerprint density at radius 3 is 1.29 bits per heavy atom. The average Bonchev–Trinajstić information content (AvgIpc) is 4.08. The number of anilines is 6. The molecule has 0 fully saturated rings. The number of fused-ring (bicyclic) bond motifs is 5. The summed E-state index contributed by atoms with van der Waals surface area (Å²) < 4.78 is 0. The summed E-state index contributed by atoms with van der Waals surface area (Å²) in [5.41, 5.74) is 14.6. The molecule has 0 amide bonds. The highest BCUT2D eigenvalue weighted by Crippen LogP contribution is 2.56. The minimum Gasteiger partial charge on any atom is -0.301 e. The molecular weight excluding hydrogens is 753 g/mol. The van der Waals surface area contributed by atoms with Gasteiger partial charge in [-0.15, -0.1) is 22.7 Å². The SMILES string of the molecule is CC1(C)c2ccccc2-c2cc3c(N(c4ccc(-c5ccccc5)cc4)c4cccs4)c4ccccc4c(N(c4ccc(-c5ccccc5)cc4)c4cccs4)c3cc21. The van der Waals surface area contributed by atoms with Crippen molar-refractivity contribution in [3.8, 4) is 33.4 Å². The van der Waals surface area contributed by atoms with Gasteiger partial charge >= 0.3 is 0 Å². The third kappa shape index (κ3) is 5.90. The molecule has 2 nitrogen and oxygen atoms in total. The van der Waals surface area contributed by atoms with Gasteiger partial charge in [0.15, 0.2) is 0 Å². The predicted molar refractivity (Wildman–Crippen MR) is 255 cm³/mol. The molecule has 282 valence electrons. The number of hydrogen-bond acceptors (Lipinski definition) is 4. The predicted octanol–water partition coefficient (Wildman–Crippen LogP) is 16.7. The molecule has 8 aromatic carbocycles. The smallest absolute Gasteiger partial charge is 0.0999 e. The van der Waals surface area contributed by atoms with Gasteiger partial charge in [-0.05, 0) is 116 Å². The molecule has 0 spiro atoms. The first-order chi connectivity index (χ1) is 29.0. The van der Waals surface area contributed by atoms with Gasteiger partial charge in [0.1, 0.15) is 0 Å². The van der Waals surface area contributed by atoms with E-state index >= 15 is 0 Å². The van der Waals surface area contributed by atoms with Gasteiger partial charge in [-0.1, -0.05) is 147 Å². The summed E-state index contributed by atoms with van der Waals surface area (Å²) in [6.45, 7) is 4.77. The first-order valence-electron chi connectivity index (χ1n) is 20.2. The van der Waals surface area contributed by atoms with Crippen LogP contribution in [0, 0.1) is 0 Å². The van der Waals surface area contributed by atoms with Gasteiger partial charge in [-0.25, -0.2) is 0 Å². The zero-order chi connectivity index (χ0) is 39.5. The Morgan fingerprint density at radius 2 is 0.797 bits per heavy atom. The Balaban J connectivity index is 1.23. The van der Waals surface area contributed by atoms with Crippen molar-refractivity contribution < 1.29 is 0 Å². The van der Waals surface area contributed by atoms with Crippen LogP contribution >= 0.6 is 22.7 Å². The Labute approximate surface area is 353 Å². The molecule has 11 rings (SSSR count). The molecule has 10 aromatic rings. The number of hydrogen-bond donors (Lipinski definition) is 0. The molecule has 2 heterocycles. The summed E-state index contributed by atoms with van der Waals surface area (Å²) in [4.78, 5) is 5.00. The lowest BCUT2D eigenvalue weighted by Gasteiger charge is -2.32. The summed E-state index contributed by atoms with van der Waals surface area (Å²) in [6.07, 6.45) is 0. The van der Waals surface area contributed by atoms with Crippen LogP contribution in [0.3, 0.4) is 0 Å². The molecule has 0 aliphatic heterocycles. The maximum absolute atomic E-state index is 2.53. The third-order valence-corrected chi connectivity index (χ3v) is 13.7. The van der Waals surface area contributed by atoms with Crippen molar-refractivity contribution >= 4 is 77.0 Å². The van der Waals surface area contributed by atoms with Gasteiger partial charge in [0.25, 0.3) is 0 Å². The zero-order valence-electron chi connectivity index (χ0n) is 32.8. The quantitative estimate of drug-likeness (QED) is 0.112. The Hall–Kier alpha value is -6.72. The fourth-order valence-corrected chi connectivity index (χ4v) is 10.7. The molecule has 1 aliphatic carbocycles. The number of nitrogens with zero attached hydrogens (tertiary/aromatic N) is 2. The van der Waals surface area contributed by atoms with Crippen LogP contribution in [0.25, 0.3) is 54.9 Å². The second kappa shape index (κ2) is 14.3. The topological polar surface area (TPSA) is 6.48 Å². The summed E-state index contributed by atoms with van der Waals surface area (Å²) >= 11 is 3.55. The fourth-order valence-electron chi connectivity index (χ4n) is 9.20. The Kier molecular flexibility index (Phi) is 8.58. The van der Waals surface area contributed by atoms with E-state index in [4.69, 9.17) is 0 Å². The van der Waals surface area contributed by atoms with Crippen LogP contribution in [0.15, 0.2) is 205 Å². The molecule has 0 N–H and O–H groups in total. The normalized spacial score (nSPS) is 12.7. The van der Waals surface area contributed by atoms with E-state index in [1.807, 2.05) is 0 Å². The Morgan fingerprint density at radius 1 is 0.356 bits per heavy atom.